The first-order valence-corrected chi connectivity index (χ1v) is 7.76. The van der Waals surface area contributed by atoms with Crippen molar-refractivity contribution in [1.29, 1.82) is 0 Å². The van der Waals surface area contributed by atoms with Gasteiger partial charge < -0.3 is 10.4 Å². The summed E-state index contributed by atoms with van der Waals surface area (Å²) < 4.78 is 0. The summed E-state index contributed by atoms with van der Waals surface area (Å²) in [6.45, 7) is 0. The van der Waals surface area contributed by atoms with Gasteiger partial charge in [-0.25, -0.2) is 4.79 Å². The lowest BCUT2D eigenvalue weighted by molar-refractivity contribution is -0.142. The molecular formula is C17H21NO3. The highest BCUT2D eigenvalue weighted by Crippen LogP contribution is 2.34. The number of hydrogen-bond acceptors (Lipinski definition) is 2. The molecule has 0 aromatic heterocycles. The highest BCUT2D eigenvalue weighted by atomic mass is 16.4. The number of rotatable bonds is 5. The zero-order valence-electron chi connectivity index (χ0n) is 12.0. The Morgan fingerprint density at radius 3 is 2.71 bits per heavy atom. The van der Waals surface area contributed by atoms with Crippen molar-refractivity contribution in [3.8, 4) is 0 Å². The van der Waals surface area contributed by atoms with Crippen LogP contribution in [0.25, 0.3) is 0 Å². The minimum absolute atomic E-state index is 0.129. The van der Waals surface area contributed by atoms with E-state index in [2.05, 4.69) is 11.4 Å². The van der Waals surface area contributed by atoms with E-state index in [4.69, 9.17) is 0 Å². The number of amides is 1. The Bertz CT molecular complexity index is 551. The first kappa shape index (κ1) is 14.1. The molecule has 4 heteroatoms. The maximum absolute atomic E-state index is 12.5. The number of carbonyl (C=O) groups excluding carboxylic acids is 1. The molecule has 2 unspecified atom stereocenters. The molecule has 1 fully saturated rings. The van der Waals surface area contributed by atoms with Crippen molar-refractivity contribution in [2.45, 2.75) is 50.5 Å². The van der Waals surface area contributed by atoms with Gasteiger partial charge in [-0.2, -0.15) is 0 Å². The molecule has 1 saturated carbocycles. The zero-order valence-corrected chi connectivity index (χ0v) is 12.0. The largest absolute Gasteiger partial charge is 0.480 e. The number of hydrogen-bond donors (Lipinski definition) is 2. The minimum Gasteiger partial charge on any atom is -0.480 e. The van der Waals surface area contributed by atoms with Gasteiger partial charge >= 0.3 is 5.97 Å². The molecule has 1 aromatic carbocycles. The van der Waals surface area contributed by atoms with Crippen LogP contribution in [0.5, 0.6) is 0 Å². The van der Waals surface area contributed by atoms with Crippen LogP contribution in [0.4, 0.5) is 0 Å². The van der Waals surface area contributed by atoms with E-state index in [1.54, 1.807) is 0 Å². The molecule has 1 amide bonds. The first-order valence-electron chi connectivity index (χ1n) is 7.76. The Labute approximate surface area is 124 Å². The van der Waals surface area contributed by atoms with Crippen LogP contribution in [0, 0.1) is 5.92 Å². The molecule has 2 aliphatic rings. The summed E-state index contributed by atoms with van der Waals surface area (Å²) in [5.41, 5.74) is 2.29. The van der Waals surface area contributed by atoms with Crippen LogP contribution in [0.15, 0.2) is 24.3 Å². The maximum Gasteiger partial charge on any atom is 0.326 e. The van der Waals surface area contributed by atoms with Crippen molar-refractivity contribution in [2.24, 2.45) is 5.92 Å². The molecule has 0 heterocycles. The summed E-state index contributed by atoms with van der Waals surface area (Å²) in [5.74, 6) is -0.768. The van der Waals surface area contributed by atoms with Gasteiger partial charge in [-0.1, -0.05) is 37.1 Å². The number of fused-ring (bicyclic) bond motifs is 1. The number of carbonyl (C=O) groups is 2. The molecule has 0 bridgehead atoms. The molecule has 0 aliphatic heterocycles. The van der Waals surface area contributed by atoms with E-state index in [-0.39, 0.29) is 11.8 Å². The molecule has 2 atom stereocenters. The smallest absolute Gasteiger partial charge is 0.326 e. The third-order valence-corrected chi connectivity index (χ3v) is 4.57. The summed E-state index contributed by atoms with van der Waals surface area (Å²) in [6, 6.07) is 7.26. The van der Waals surface area contributed by atoms with Gasteiger partial charge in [0, 0.05) is 0 Å². The van der Waals surface area contributed by atoms with Gasteiger partial charge in [0.1, 0.15) is 6.04 Å². The van der Waals surface area contributed by atoms with Crippen molar-refractivity contribution >= 4 is 11.9 Å². The monoisotopic (exact) mass is 287 g/mol. The fourth-order valence-corrected chi connectivity index (χ4v) is 3.21. The Kier molecular flexibility index (Phi) is 3.95. The average Bonchev–Trinajstić information content (AvgIpc) is 3.29. The number of benzene rings is 1. The van der Waals surface area contributed by atoms with Gasteiger partial charge in [0.15, 0.2) is 0 Å². The molecule has 0 saturated heterocycles. The zero-order chi connectivity index (χ0) is 14.8. The fraction of sp³-hybridized carbons (Fsp3) is 0.529. The summed E-state index contributed by atoms with van der Waals surface area (Å²) in [7, 11) is 0. The van der Waals surface area contributed by atoms with Crippen molar-refractivity contribution < 1.29 is 14.7 Å². The fourth-order valence-electron chi connectivity index (χ4n) is 3.21. The maximum atomic E-state index is 12.5. The van der Waals surface area contributed by atoms with Crippen molar-refractivity contribution in [2.75, 3.05) is 0 Å². The van der Waals surface area contributed by atoms with Gasteiger partial charge in [0.25, 0.3) is 0 Å². The van der Waals surface area contributed by atoms with E-state index in [1.807, 2.05) is 18.2 Å². The first-order chi connectivity index (χ1) is 10.1. The number of nitrogens with one attached hydrogen (secondary N) is 1. The Morgan fingerprint density at radius 2 is 2.00 bits per heavy atom. The SMILES string of the molecule is O=C(O)C(CC1CC1)NC(=O)C1CCCc2ccccc21. The number of carboxylic acid groups (broad SMARTS) is 1. The lowest BCUT2D eigenvalue weighted by atomic mass is 9.82. The Morgan fingerprint density at radius 1 is 1.24 bits per heavy atom. The standard InChI is InChI=1S/C17H21NO3/c19-16(18-15(17(20)21)10-11-8-9-11)14-7-3-5-12-4-1-2-6-13(12)14/h1-2,4,6,11,14-15H,3,5,7-10H2,(H,18,19)(H,20,21). The predicted octanol–water partition coefficient (Wildman–Crippen LogP) is 2.48. The van der Waals surface area contributed by atoms with Crippen molar-refractivity contribution in [3.63, 3.8) is 0 Å². The quantitative estimate of drug-likeness (QED) is 0.874. The third kappa shape index (κ3) is 3.26. The minimum atomic E-state index is -0.917. The molecular weight excluding hydrogens is 266 g/mol. The number of aliphatic carboxylic acids is 1. The molecule has 21 heavy (non-hydrogen) atoms. The molecule has 0 radical (unpaired) electrons. The molecule has 2 N–H and O–H groups in total. The van der Waals surface area contributed by atoms with E-state index in [0.29, 0.717) is 12.3 Å². The van der Waals surface area contributed by atoms with Crippen molar-refractivity contribution in [3.05, 3.63) is 35.4 Å². The van der Waals surface area contributed by atoms with Crippen LogP contribution in [-0.4, -0.2) is 23.0 Å². The molecule has 2 aliphatic carbocycles. The van der Waals surface area contributed by atoms with Crippen LogP contribution in [0.2, 0.25) is 0 Å². The van der Waals surface area contributed by atoms with Crippen molar-refractivity contribution in [1.82, 2.24) is 5.32 Å². The van der Waals surface area contributed by atoms with Gasteiger partial charge in [-0.05, 0) is 42.7 Å². The number of aryl methyl sites for hydroxylation is 1. The number of carboxylic acids is 1. The lowest BCUT2D eigenvalue weighted by Gasteiger charge is -2.26. The Hall–Kier alpha value is -1.84. The summed E-state index contributed by atoms with van der Waals surface area (Å²) >= 11 is 0. The summed E-state index contributed by atoms with van der Waals surface area (Å²) in [5, 5.41) is 12.0. The molecule has 0 spiro atoms. The van der Waals surface area contributed by atoms with E-state index < -0.39 is 12.0 Å². The lowest BCUT2D eigenvalue weighted by Crippen LogP contribution is -2.43. The summed E-state index contributed by atoms with van der Waals surface area (Å²) in [6.07, 6.45) is 5.53. The highest BCUT2D eigenvalue weighted by molar-refractivity contribution is 5.88. The van der Waals surface area contributed by atoms with E-state index >= 15 is 0 Å². The van der Waals surface area contributed by atoms with Gasteiger partial charge in [0.05, 0.1) is 5.92 Å². The average molecular weight is 287 g/mol. The molecule has 1 aromatic rings. The van der Waals surface area contributed by atoms with Crippen LogP contribution in [-0.2, 0) is 16.0 Å². The van der Waals surface area contributed by atoms with E-state index in [1.165, 1.54) is 5.56 Å². The van der Waals surface area contributed by atoms with Crippen LogP contribution < -0.4 is 5.32 Å². The summed E-state index contributed by atoms with van der Waals surface area (Å²) in [4.78, 5) is 23.8. The predicted molar refractivity (Wildman–Crippen MR) is 79.0 cm³/mol. The molecule has 3 rings (SSSR count). The van der Waals surface area contributed by atoms with E-state index in [9.17, 15) is 14.7 Å². The third-order valence-electron chi connectivity index (χ3n) is 4.57. The van der Waals surface area contributed by atoms with Gasteiger partial charge in [0.2, 0.25) is 5.91 Å². The molecule has 4 nitrogen and oxygen atoms in total. The topological polar surface area (TPSA) is 66.4 Å². The second kappa shape index (κ2) is 5.88. The van der Waals surface area contributed by atoms with Gasteiger partial charge in [-0.3, -0.25) is 4.79 Å². The Balaban J connectivity index is 1.71. The van der Waals surface area contributed by atoms with Gasteiger partial charge in [-0.15, -0.1) is 0 Å². The second-order valence-electron chi connectivity index (χ2n) is 6.22. The van der Waals surface area contributed by atoms with Crippen LogP contribution in [0.3, 0.4) is 0 Å². The molecule has 112 valence electrons. The normalized spacial score (nSPS) is 22.2. The highest BCUT2D eigenvalue weighted by Gasteiger charge is 2.33. The van der Waals surface area contributed by atoms with E-state index in [0.717, 1.165) is 37.7 Å². The van der Waals surface area contributed by atoms with Crippen LogP contribution >= 0.6 is 0 Å². The second-order valence-corrected chi connectivity index (χ2v) is 6.22. The van der Waals surface area contributed by atoms with Crippen LogP contribution in [0.1, 0.15) is 49.1 Å².